The lowest BCUT2D eigenvalue weighted by molar-refractivity contribution is -0.148. The molecule has 0 spiro atoms. The van der Waals surface area contributed by atoms with Gasteiger partial charge in [-0.15, -0.1) is 0 Å². The maximum Gasteiger partial charge on any atom is 0.328 e. The van der Waals surface area contributed by atoms with Crippen LogP contribution in [0.25, 0.3) is 0 Å². The Morgan fingerprint density at radius 1 is 0.969 bits per heavy atom. The molecule has 0 bridgehead atoms. The van der Waals surface area contributed by atoms with Gasteiger partial charge in [-0.3, -0.25) is 30.1 Å². The Balaban J connectivity index is 2.02. The fraction of sp³-hybridized carbons (Fsp3) is 0.565. The molecule has 1 aromatic carbocycles. The summed E-state index contributed by atoms with van der Waals surface area (Å²) in [4.78, 5) is 38.9. The Morgan fingerprint density at radius 3 is 2.09 bits per heavy atom. The highest BCUT2D eigenvalue weighted by molar-refractivity contribution is 6.23. The molecular formula is C23H35N6O3+. The summed E-state index contributed by atoms with van der Waals surface area (Å²) in [6.07, 6.45) is 6.53. The van der Waals surface area contributed by atoms with E-state index in [2.05, 4.69) is 22.9 Å². The number of unbranched alkanes of at least 4 members (excludes halogenated alkanes) is 5. The van der Waals surface area contributed by atoms with Crippen LogP contribution in [0.1, 0.15) is 57.4 Å². The van der Waals surface area contributed by atoms with E-state index in [-0.39, 0.29) is 10.3 Å². The largest absolute Gasteiger partial charge is 0.384 e. The number of nitrogens with two attached hydrogens (primary N) is 1. The molecule has 9 nitrogen and oxygen atoms in total. The fourth-order valence-corrected chi connectivity index (χ4v) is 5.10. The van der Waals surface area contributed by atoms with Crippen LogP contribution in [0.5, 0.6) is 0 Å². The zero-order chi connectivity index (χ0) is 23.2. The molecule has 0 radical (unpaired) electrons. The second kappa shape index (κ2) is 10.2. The third kappa shape index (κ3) is 4.40. The lowest BCUT2D eigenvalue weighted by Gasteiger charge is -2.53. The number of imide groups is 2. The molecule has 6 N–H and O–H groups in total. The van der Waals surface area contributed by atoms with Crippen molar-refractivity contribution in [3.8, 4) is 0 Å². The van der Waals surface area contributed by atoms with Gasteiger partial charge in [0.1, 0.15) is 11.5 Å². The number of nitrogen functional groups attached to an aromatic ring is 1. The van der Waals surface area contributed by atoms with E-state index in [1.54, 1.807) is 12.1 Å². The number of urea groups is 1. The summed E-state index contributed by atoms with van der Waals surface area (Å²) in [5.74, 6) is -1.10. The van der Waals surface area contributed by atoms with Crippen molar-refractivity contribution in [1.82, 2.24) is 20.4 Å². The molecule has 2 aliphatic rings. The number of benzene rings is 1. The molecule has 3 rings (SSSR count). The Kier molecular flexibility index (Phi) is 7.63. The number of nitrogens with zero attached hydrogens (tertiary/aromatic N) is 1. The van der Waals surface area contributed by atoms with Crippen molar-refractivity contribution in [1.29, 1.82) is 5.41 Å². The second-order valence-corrected chi connectivity index (χ2v) is 8.74. The Labute approximate surface area is 189 Å². The number of nitrogens with one attached hydrogen (secondary N) is 4. The van der Waals surface area contributed by atoms with Gasteiger partial charge in [-0.1, -0.05) is 39.0 Å². The second-order valence-electron chi connectivity index (χ2n) is 8.74. The monoisotopic (exact) mass is 443 g/mol. The number of quaternary nitrogens is 1. The molecule has 0 atom stereocenters. The van der Waals surface area contributed by atoms with E-state index in [0.717, 1.165) is 37.8 Å². The molecule has 0 aromatic heterocycles. The highest BCUT2D eigenvalue weighted by Gasteiger charge is 2.65. The van der Waals surface area contributed by atoms with Crippen LogP contribution in [0.3, 0.4) is 0 Å². The van der Waals surface area contributed by atoms with E-state index >= 15 is 0 Å². The molecule has 32 heavy (non-hydrogen) atoms. The van der Waals surface area contributed by atoms with E-state index in [0.29, 0.717) is 38.2 Å². The summed E-state index contributed by atoms with van der Waals surface area (Å²) in [5.41, 5.74) is 5.58. The average Bonchev–Trinajstić information content (AvgIpc) is 2.78. The van der Waals surface area contributed by atoms with Crippen LogP contribution in [-0.4, -0.2) is 55.4 Å². The zero-order valence-corrected chi connectivity index (χ0v) is 18.8. The molecule has 0 aliphatic carbocycles. The SMILES string of the molecule is CCCCCCCCC1([N+]2(c3ccc(C(=N)N)cc3)CCNCC2)C(=O)NC(=O)NC1=O. The van der Waals surface area contributed by atoms with E-state index in [1.807, 2.05) is 12.1 Å². The molecule has 0 saturated carbocycles. The minimum absolute atomic E-state index is 0.0380. The highest BCUT2D eigenvalue weighted by Crippen LogP contribution is 2.39. The number of amidine groups is 1. The predicted molar refractivity (Wildman–Crippen MR) is 124 cm³/mol. The summed E-state index contributed by atoms with van der Waals surface area (Å²) in [5, 5.41) is 15.8. The van der Waals surface area contributed by atoms with Crippen LogP contribution in [0.2, 0.25) is 0 Å². The third-order valence-corrected chi connectivity index (χ3v) is 6.84. The van der Waals surface area contributed by atoms with Crippen molar-refractivity contribution in [3.05, 3.63) is 29.8 Å². The Bertz CT molecular complexity index is 841. The van der Waals surface area contributed by atoms with E-state index in [9.17, 15) is 14.4 Å². The number of hydrogen-bond acceptors (Lipinski definition) is 5. The summed E-state index contributed by atoms with van der Waals surface area (Å²) < 4.78 is 0.137. The summed E-state index contributed by atoms with van der Waals surface area (Å²) in [6.45, 7) is 4.51. The summed E-state index contributed by atoms with van der Waals surface area (Å²) in [6, 6.07) is 6.44. The average molecular weight is 444 g/mol. The van der Waals surface area contributed by atoms with Gasteiger partial charge >= 0.3 is 6.03 Å². The van der Waals surface area contributed by atoms with Crippen LogP contribution in [0, 0.1) is 5.41 Å². The lowest BCUT2D eigenvalue weighted by atomic mass is 9.82. The number of carbonyl (C=O) groups excluding carboxylic acids is 3. The Hall–Kier alpha value is -2.78. The van der Waals surface area contributed by atoms with Gasteiger partial charge in [0.25, 0.3) is 17.4 Å². The molecular weight excluding hydrogens is 408 g/mol. The van der Waals surface area contributed by atoms with Crippen LogP contribution in [0.15, 0.2) is 24.3 Å². The van der Waals surface area contributed by atoms with Crippen molar-refractivity contribution in [2.75, 3.05) is 26.2 Å². The molecule has 0 unspecified atom stereocenters. The summed E-state index contributed by atoms with van der Waals surface area (Å²) in [7, 11) is 0. The van der Waals surface area contributed by atoms with Gasteiger partial charge in [-0.2, -0.15) is 0 Å². The first kappa shape index (κ1) is 23.9. The van der Waals surface area contributed by atoms with E-state index in [4.69, 9.17) is 11.1 Å². The molecule has 2 heterocycles. The standard InChI is InChI=1S/C23H34N6O3/c1-2-3-4-5-6-7-12-23(20(30)27-22(32)28-21(23)31)29(15-13-26-14-16-29)18-10-8-17(9-11-18)19(24)25/h8-11,26H,2-7,12-16H2,1H3,(H4-,24,25,27,28,30,31,32)/p+1. The van der Waals surface area contributed by atoms with E-state index < -0.39 is 23.4 Å². The number of hydrogen-bond donors (Lipinski definition) is 5. The molecule has 2 saturated heterocycles. The van der Waals surface area contributed by atoms with Gasteiger partial charge in [-0.05, 0) is 30.7 Å². The zero-order valence-electron chi connectivity index (χ0n) is 18.8. The smallest absolute Gasteiger partial charge is 0.328 e. The molecule has 4 amide bonds. The summed E-state index contributed by atoms with van der Waals surface area (Å²) >= 11 is 0. The lowest BCUT2D eigenvalue weighted by Crippen LogP contribution is -2.83. The Morgan fingerprint density at radius 2 is 1.53 bits per heavy atom. The first-order valence-corrected chi connectivity index (χ1v) is 11.6. The van der Waals surface area contributed by atoms with Gasteiger partial charge < -0.3 is 11.1 Å². The van der Waals surface area contributed by atoms with Crippen molar-refractivity contribution < 1.29 is 14.4 Å². The van der Waals surface area contributed by atoms with Crippen LogP contribution in [0.4, 0.5) is 10.5 Å². The minimum atomic E-state index is -1.43. The van der Waals surface area contributed by atoms with Gasteiger partial charge in [0.15, 0.2) is 0 Å². The highest BCUT2D eigenvalue weighted by atomic mass is 16.2. The van der Waals surface area contributed by atoms with E-state index in [1.165, 1.54) is 6.42 Å². The van der Waals surface area contributed by atoms with Crippen LogP contribution >= 0.6 is 0 Å². The third-order valence-electron chi connectivity index (χ3n) is 6.84. The maximum atomic E-state index is 13.5. The first-order valence-electron chi connectivity index (χ1n) is 11.6. The number of barbiturate groups is 1. The topological polar surface area (TPSA) is 137 Å². The normalized spacial score (nSPS) is 19.8. The number of rotatable bonds is 10. The first-order chi connectivity index (χ1) is 15.4. The fourth-order valence-electron chi connectivity index (χ4n) is 5.10. The number of piperazine rings is 1. The quantitative estimate of drug-likeness (QED) is 0.123. The molecule has 9 heteroatoms. The molecule has 174 valence electrons. The van der Waals surface area contributed by atoms with Crippen molar-refractivity contribution in [2.45, 2.75) is 57.4 Å². The predicted octanol–water partition coefficient (Wildman–Crippen LogP) is 1.74. The van der Waals surface area contributed by atoms with Gasteiger partial charge in [0, 0.05) is 25.1 Å². The number of carbonyl (C=O) groups is 3. The molecule has 2 aliphatic heterocycles. The van der Waals surface area contributed by atoms with Crippen molar-refractivity contribution in [3.63, 3.8) is 0 Å². The van der Waals surface area contributed by atoms with Crippen LogP contribution in [-0.2, 0) is 9.59 Å². The van der Waals surface area contributed by atoms with Crippen LogP contribution < -0.4 is 26.2 Å². The van der Waals surface area contributed by atoms with Crippen molar-refractivity contribution in [2.24, 2.45) is 5.73 Å². The molecule has 1 aromatic rings. The minimum Gasteiger partial charge on any atom is -0.384 e. The van der Waals surface area contributed by atoms with Crippen molar-refractivity contribution >= 4 is 29.4 Å². The maximum absolute atomic E-state index is 13.5. The van der Waals surface area contributed by atoms with Gasteiger partial charge in [0.2, 0.25) is 0 Å². The van der Waals surface area contributed by atoms with Gasteiger partial charge in [-0.25, -0.2) is 4.79 Å². The van der Waals surface area contributed by atoms with Gasteiger partial charge in [0.05, 0.1) is 13.1 Å². The molecule has 2 fully saturated rings. The number of amides is 4.